The highest BCUT2D eigenvalue weighted by atomic mass is 32.2. The van der Waals surface area contributed by atoms with Crippen LogP contribution in [0.15, 0.2) is 34.6 Å². The average Bonchev–Trinajstić information content (AvgIpc) is 3.49. The lowest BCUT2D eigenvalue weighted by Crippen LogP contribution is -2.45. The van der Waals surface area contributed by atoms with E-state index in [2.05, 4.69) is 15.1 Å². The Kier molecular flexibility index (Phi) is 5.61. The summed E-state index contributed by atoms with van der Waals surface area (Å²) in [6.07, 6.45) is 5.33. The topological polar surface area (TPSA) is 117 Å². The van der Waals surface area contributed by atoms with Gasteiger partial charge in [0.15, 0.2) is 11.5 Å². The van der Waals surface area contributed by atoms with Crippen molar-refractivity contribution in [2.45, 2.75) is 49.3 Å². The molecule has 0 unspecified atom stereocenters. The van der Waals surface area contributed by atoms with E-state index in [1.54, 1.807) is 17.8 Å². The summed E-state index contributed by atoms with van der Waals surface area (Å²) in [6.45, 7) is 6.31. The third-order valence-electron chi connectivity index (χ3n) is 6.71. The van der Waals surface area contributed by atoms with Crippen molar-refractivity contribution in [3.63, 3.8) is 0 Å². The van der Waals surface area contributed by atoms with Gasteiger partial charge in [0, 0.05) is 38.3 Å². The number of rotatable bonds is 5. The molecule has 11 heteroatoms. The molecular weight excluding hydrogens is 440 g/mol. The minimum absolute atomic E-state index is 0.0119. The van der Waals surface area contributed by atoms with Crippen LogP contribution < -0.4 is 10.6 Å². The molecule has 10 nitrogen and oxygen atoms in total. The van der Waals surface area contributed by atoms with E-state index < -0.39 is 5.97 Å². The fourth-order valence-corrected chi connectivity index (χ4v) is 5.63. The SMILES string of the molecule is CCOC(=O)c1nc(Sc2ccnn2C)c(C)nc1N1CCC2(CC1)Cn1nccc1[C@H]2N. The molecule has 0 bridgehead atoms. The molecule has 1 atom stereocenters. The lowest BCUT2D eigenvalue weighted by atomic mass is 9.73. The molecule has 33 heavy (non-hydrogen) atoms. The first-order chi connectivity index (χ1) is 15.9. The molecule has 0 aromatic carbocycles. The van der Waals surface area contributed by atoms with Crippen molar-refractivity contribution in [1.82, 2.24) is 29.5 Å². The summed E-state index contributed by atoms with van der Waals surface area (Å²) in [4.78, 5) is 24.5. The highest BCUT2D eigenvalue weighted by Gasteiger charge is 2.47. The smallest absolute Gasteiger partial charge is 0.360 e. The number of nitrogens with zero attached hydrogens (tertiary/aromatic N) is 7. The monoisotopic (exact) mass is 468 g/mol. The zero-order valence-electron chi connectivity index (χ0n) is 19.1. The summed E-state index contributed by atoms with van der Waals surface area (Å²) >= 11 is 1.44. The Hall–Kier alpha value is -2.92. The number of ether oxygens (including phenoxy) is 1. The fraction of sp³-hybridized carbons (Fsp3) is 0.500. The van der Waals surface area contributed by atoms with Crippen LogP contribution >= 0.6 is 11.8 Å². The molecular formula is C22H28N8O2S. The fourth-order valence-electron chi connectivity index (χ4n) is 4.79. The number of hydrogen-bond donors (Lipinski definition) is 1. The number of carbonyl (C=O) groups is 1. The van der Waals surface area contributed by atoms with Gasteiger partial charge in [0.25, 0.3) is 0 Å². The number of hydrogen-bond acceptors (Lipinski definition) is 9. The Morgan fingerprint density at radius 1 is 1.24 bits per heavy atom. The maximum Gasteiger partial charge on any atom is 0.360 e. The number of piperidine rings is 1. The van der Waals surface area contributed by atoms with E-state index in [0.29, 0.717) is 10.8 Å². The molecule has 0 aliphatic carbocycles. The minimum Gasteiger partial charge on any atom is -0.461 e. The van der Waals surface area contributed by atoms with Crippen molar-refractivity contribution in [3.05, 3.63) is 41.6 Å². The molecule has 1 fully saturated rings. The third-order valence-corrected chi connectivity index (χ3v) is 7.89. The van der Waals surface area contributed by atoms with E-state index in [-0.39, 0.29) is 23.8 Å². The highest BCUT2D eigenvalue weighted by Crippen LogP contribution is 2.48. The zero-order valence-corrected chi connectivity index (χ0v) is 19.9. The number of anilines is 1. The number of aromatic nitrogens is 6. The van der Waals surface area contributed by atoms with Crippen molar-refractivity contribution in [1.29, 1.82) is 0 Å². The van der Waals surface area contributed by atoms with Gasteiger partial charge in [-0.05, 0) is 50.6 Å². The predicted molar refractivity (Wildman–Crippen MR) is 123 cm³/mol. The van der Waals surface area contributed by atoms with Crippen molar-refractivity contribution in [2.75, 3.05) is 24.6 Å². The van der Waals surface area contributed by atoms with Crippen molar-refractivity contribution in [2.24, 2.45) is 18.2 Å². The van der Waals surface area contributed by atoms with Crippen LogP contribution in [0.25, 0.3) is 0 Å². The first kappa shape index (κ1) is 21.9. The molecule has 0 saturated carbocycles. The molecule has 0 radical (unpaired) electrons. The van der Waals surface area contributed by atoms with Crippen LogP contribution in [0, 0.1) is 12.3 Å². The number of fused-ring (bicyclic) bond motifs is 1. The number of esters is 1. The predicted octanol–water partition coefficient (Wildman–Crippen LogP) is 2.34. The van der Waals surface area contributed by atoms with Crippen LogP contribution in [0.5, 0.6) is 0 Å². The Morgan fingerprint density at radius 3 is 2.67 bits per heavy atom. The average molecular weight is 469 g/mol. The largest absolute Gasteiger partial charge is 0.461 e. The Labute approximate surface area is 196 Å². The molecule has 5 heterocycles. The quantitative estimate of drug-likeness (QED) is 0.563. The van der Waals surface area contributed by atoms with Crippen LogP contribution in [0.3, 0.4) is 0 Å². The van der Waals surface area contributed by atoms with Crippen LogP contribution in [0.1, 0.15) is 47.7 Å². The van der Waals surface area contributed by atoms with E-state index in [0.717, 1.165) is 48.9 Å². The molecule has 2 aliphatic rings. The van der Waals surface area contributed by atoms with Crippen LogP contribution in [0.2, 0.25) is 0 Å². The molecule has 3 aromatic rings. The van der Waals surface area contributed by atoms with E-state index in [1.807, 2.05) is 37.0 Å². The van der Waals surface area contributed by atoms with Gasteiger partial charge in [-0.3, -0.25) is 9.36 Å². The molecule has 2 aliphatic heterocycles. The first-order valence-electron chi connectivity index (χ1n) is 11.2. The zero-order chi connectivity index (χ0) is 23.2. The second kappa shape index (κ2) is 8.45. The van der Waals surface area contributed by atoms with Gasteiger partial charge in [0.1, 0.15) is 5.03 Å². The molecule has 0 amide bonds. The maximum atomic E-state index is 12.8. The summed E-state index contributed by atoms with van der Waals surface area (Å²) in [5.74, 6) is 0.129. The Balaban J connectivity index is 1.41. The van der Waals surface area contributed by atoms with E-state index in [9.17, 15) is 4.79 Å². The maximum absolute atomic E-state index is 12.8. The molecule has 3 aromatic heterocycles. The Morgan fingerprint density at radius 2 is 2.00 bits per heavy atom. The molecule has 1 saturated heterocycles. The first-order valence-corrected chi connectivity index (χ1v) is 12.0. The molecule has 174 valence electrons. The lowest BCUT2D eigenvalue weighted by molar-refractivity contribution is 0.0518. The third kappa shape index (κ3) is 3.78. The summed E-state index contributed by atoms with van der Waals surface area (Å²) in [7, 11) is 1.87. The lowest BCUT2D eigenvalue weighted by Gasteiger charge is -2.42. The van der Waals surface area contributed by atoms with Gasteiger partial charge in [0.2, 0.25) is 0 Å². The summed E-state index contributed by atoms with van der Waals surface area (Å²) in [5, 5.41) is 10.2. The summed E-state index contributed by atoms with van der Waals surface area (Å²) in [6, 6.07) is 3.89. The minimum atomic E-state index is -0.454. The summed E-state index contributed by atoms with van der Waals surface area (Å²) in [5.41, 5.74) is 8.74. The van der Waals surface area contributed by atoms with Crippen molar-refractivity contribution < 1.29 is 9.53 Å². The van der Waals surface area contributed by atoms with Gasteiger partial charge in [0.05, 0.1) is 35.3 Å². The normalized spacial score (nSPS) is 19.2. The van der Waals surface area contributed by atoms with Crippen LogP contribution in [0.4, 0.5) is 5.82 Å². The highest BCUT2D eigenvalue weighted by molar-refractivity contribution is 7.99. The van der Waals surface area contributed by atoms with Gasteiger partial charge in [-0.1, -0.05) is 0 Å². The number of nitrogens with two attached hydrogens (primary N) is 1. The number of carbonyl (C=O) groups excluding carboxylic acids is 1. The van der Waals surface area contributed by atoms with Gasteiger partial charge in [-0.15, -0.1) is 0 Å². The summed E-state index contributed by atoms with van der Waals surface area (Å²) < 4.78 is 9.12. The van der Waals surface area contributed by atoms with E-state index >= 15 is 0 Å². The molecule has 5 rings (SSSR count). The second-order valence-corrected chi connectivity index (χ2v) is 9.65. The van der Waals surface area contributed by atoms with E-state index in [4.69, 9.17) is 20.4 Å². The van der Waals surface area contributed by atoms with Gasteiger partial charge >= 0.3 is 5.97 Å². The van der Waals surface area contributed by atoms with Gasteiger partial charge < -0.3 is 15.4 Å². The van der Waals surface area contributed by atoms with Crippen molar-refractivity contribution >= 4 is 23.5 Å². The Bertz CT molecular complexity index is 1180. The molecule has 2 N–H and O–H groups in total. The van der Waals surface area contributed by atoms with E-state index in [1.165, 1.54) is 11.8 Å². The van der Waals surface area contributed by atoms with Crippen molar-refractivity contribution in [3.8, 4) is 0 Å². The van der Waals surface area contributed by atoms with Gasteiger partial charge in [-0.25, -0.2) is 14.8 Å². The van der Waals surface area contributed by atoms with Crippen LogP contribution in [-0.2, 0) is 18.3 Å². The van der Waals surface area contributed by atoms with Gasteiger partial charge in [-0.2, -0.15) is 10.2 Å². The van der Waals surface area contributed by atoms with Crippen LogP contribution in [-0.4, -0.2) is 55.2 Å². The second-order valence-electron chi connectivity index (χ2n) is 8.64. The standard InChI is InChI=1S/C22H28N8O2S/c1-4-32-21(31)17-19(26-14(2)20(27-17)33-16-6-10-24-28(16)3)29-11-7-22(8-12-29)13-30-15(18(22)23)5-9-25-30/h5-6,9-10,18H,4,7-8,11-13,23H2,1-3H3/t18-/m1/s1. The number of aryl methyl sites for hydroxylation is 2. The molecule has 1 spiro atoms.